The maximum Gasteiger partial charge on any atom is 0.253 e. The Morgan fingerprint density at radius 3 is 2.21 bits per heavy atom. The van der Waals surface area contributed by atoms with E-state index in [1.54, 1.807) is 0 Å². The molecule has 1 amide bonds. The van der Waals surface area contributed by atoms with Gasteiger partial charge in [0.15, 0.2) is 5.16 Å². The van der Waals surface area contributed by atoms with Crippen LogP contribution < -0.4 is 16.6 Å². The molecule has 1 aromatic carbocycles. The van der Waals surface area contributed by atoms with Gasteiger partial charge < -0.3 is 16.0 Å². The Kier molecular flexibility index (Phi) is 7.38. The van der Waals surface area contributed by atoms with Crippen LogP contribution in [0.25, 0.3) is 0 Å². The molecule has 0 radical (unpaired) electrons. The number of aromatic amines is 1. The van der Waals surface area contributed by atoms with Gasteiger partial charge in [-0.25, -0.2) is 4.98 Å². The van der Waals surface area contributed by atoms with Crippen molar-refractivity contribution < 1.29 is 4.79 Å². The predicted molar refractivity (Wildman–Crippen MR) is 114 cm³/mol. The normalized spacial score (nSPS) is 10.7. The number of nitrogens with one attached hydrogen (secondary N) is 2. The largest absolute Gasteiger partial charge is 0.383 e. The summed E-state index contributed by atoms with van der Waals surface area (Å²) in [7, 11) is 0. The van der Waals surface area contributed by atoms with E-state index in [0.717, 1.165) is 25.2 Å². The lowest BCUT2D eigenvalue weighted by Crippen LogP contribution is -2.16. The molecule has 0 fully saturated rings. The van der Waals surface area contributed by atoms with Crippen molar-refractivity contribution in [2.24, 2.45) is 0 Å². The minimum atomic E-state index is -0.364. The van der Waals surface area contributed by atoms with Gasteiger partial charge in [0.2, 0.25) is 5.91 Å². The molecular weight excluding hydrogens is 664 g/mol. The van der Waals surface area contributed by atoms with Crippen LogP contribution >= 0.6 is 91.4 Å². The van der Waals surface area contributed by atoms with E-state index >= 15 is 0 Å². The van der Waals surface area contributed by atoms with Crippen molar-refractivity contribution in [2.45, 2.75) is 5.16 Å². The summed E-state index contributed by atoms with van der Waals surface area (Å²) in [6.07, 6.45) is 0. The number of nitrogen functional groups attached to an aromatic ring is 1. The minimum Gasteiger partial charge on any atom is -0.383 e. The number of thioether (sulfide) groups is 1. The van der Waals surface area contributed by atoms with Gasteiger partial charge >= 0.3 is 0 Å². The summed E-state index contributed by atoms with van der Waals surface area (Å²) in [6, 6.07) is 1.18. The van der Waals surface area contributed by atoms with Gasteiger partial charge in [0, 0.05) is 19.5 Å². The standard InChI is InChI=1S/C12H7Br5N4O2S/c13-6-7(14)9(16)11(10(17)8(6)15)20-5(23)2-24-12-19-3(18)1-4(22)21-12/h1H,2H2,(H,20,23)(H3,18,19,21,22). The first-order valence-corrected chi connectivity index (χ1v) is 11.0. The molecule has 0 saturated carbocycles. The van der Waals surface area contributed by atoms with Crippen LogP contribution in [0.1, 0.15) is 0 Å². The van der Waals surface area contributed by atoms with E-state index in [2.05, 4.69) is 94.9 Å². The lowest BCUT2D eigenvalue weighted by Gasteiger charge is -2.14. The van der Waals surface area contributed by atoms with Crippen molar-refractivity contribution in [1.82, 2.24) is 9.97 Å². The number of nitrogens with zero attached hydrogens (tertiary/aromatic N) is 1. The van der Waals surface area contributed by atoms with E-state index in [1.165, 1.54) is 6.07 Å². The second kappa shape index (κ2) is 8.67. The van der Waals surface area contributed by atoms with E-state index in [9.17, 15) is 9.59 Å². The summed E-state index contributed by atoms with van der Waals surface area (Å²) in [5.74, 6) is -0.114. The Labute approximate surface area is 182 Å². The van der Waals surface area contributed by atoms with Crippen molar-refractivity contribution in [2.75, 3.05) is 16.8 Å². The highest BCUT2D eigenvalue weighted by Crippen LogP contribution is 2.47. The number of carbonyl (C=O) groups is 1. The SMILES string of the molecule is Nc1cc(=O)[nH]c(SCC(=O)Nc2c(Br)c(Br)c(Br)c(Br)c2Br)n1. The number of hydrogen-bond acceptors (Lipinski definition) is 5. The summed E-state index contributed by atoms with van der Waals surface area (Å²) in [5.41, 5.74) is 5.71. The molecule has 6 nitrogen and oxygen atoms in total. The van der Waals surface area contributed by atoms with Crippen LogP contribution in [0.3, 0.4) is 0 Å². The number of halogens is 5. The molecule has 24 heavy (non-hydrogen) atoms. The fourth-order valence-electron chi connectivity index (χ4n) is 1.55. The number of amides is 1. The highest BCUT2D eigenvalue weighted by molar-refractivity contribution is 9.15. The molecular formula is C12H7Br5N4O2S. The predicted octanol–water partition coefficient (Wildman–Crippen LogP) is 4.90. The molecule has 12 heteroatoms. The number of H-pyrrole nitrogens is 1. The van der Waals surface area contributed by atoms with E-state index in [4.69, 9.17) is 5.73 Å². The first kappa shape index (κ1) is 20.4. The van der Waals surface area contributed by atoms with Crippen molar-refractivity contribution in [1.29, 1.82) is 0 Å². The Hall–Kier alpha value is 0.120. The molecule has 2 aromatic rings. The summed E-state index contributed by atoms with van der Waals surface area (Å²) < 4.78 is 3.66. The monoisotopic (exact) mass is 666 g/mol. The molecule has 1 aromatic heterocycles. The van der Waals surface area contributed by atoms with E-state index < -0.39 is 0 Å². The lowest BCUT2D eigenvalue weighted by atomic mass is 10.3. The summed E-state index contributed by atoms with van der Waals surface area (Å²) in [5, 5.41) is 3.09. The van der Waals surface area contributed by atoms with Crippen molar-refractivity contribution in [3.05, 3.63) is 38.8 Å². The number of anilines is 2. The molecule has 0 aliphatic heterocycles. The van der Waals surface area contributed by atoms with Gasteiger partial charge in [-0.3, -0.25) is 9.59 Å². The molecule has 0 saturated heterocycles. The van der Waals surface area contributed by atoms with Gasteiger partial charge in [-0.2, -0.15) is 0 Å². The first-order chi connectivity index (χ1) is 11.2. The smallest absolute Gasteiger partial charge is 0.253 e. The second-order valence-electron chi connectivity index (χ2n) is 4.26. The first-order valence-electron chi connectivity index (χ1n) is 6.01. The highest BCUT2D eigenvalue weighted by atomic mass is 79.9. The van der Waals surface area contributed by atoms with Gasteiger partial charge in [-0.1, -0.05) is 11.8 Å². The van der Waals surface area contributed by atoms with Crippen LogP contribution in [-0.4, -0.2) is 21.6 Å². The number of carbonyl (C=O) groups excluding carboxylic acids is 1. The molecule has 0 atom stereocenters. The minimum absolute atomic E-state index is 0.0522. The Bertz CT molecular complexity index is 844. The fourth-order valence-corrected chi connectivity index (χ4v) is 5.47. The maximum atomic E-state index is 12.2. The Morgan fingerprint density at radius 1 is 1.12 bits per heavy atom. The molecule has 0 bridgehead atoms. The molecule has 0 aliphatic carbocycles. The van der Waals surface area contributed by atoms with Gasteiger partial charge in [-0.05, 0) is 79.6 Å². The Morgan fingerprint density at radius 2 is 1.67 bits per heavy atom. The fraction of sp³-hybridized carbons (Fsp3) is 0.0833. The Balaban J connectivity index is 2.14. The van der Waals surface area contributed by atoms with Crippen LogP contribution in [0.15, 0.2) is 38.4 Å². The van der Waals surface area contributed by atoms with Crippen LogP contribution in [0.5, 0.6) is 0 Å². The molecule has 0 aliphatic rings. The van der Waals surface area contributed by atoms with Crippen LogP contribution in [0.4, 0.5) is 11.5 Å². The third kappa shape index (κ3) is 4.85. The molecule has 0 spiro atoms. The second-order valence-corrected chi connectivity index (χ2v) is 9.19. The molecule has 1 heterocycles. The average molecular weight is 671 g/mol. The molecule has 128 valence electrons. The van der Waals surface area contributed by atoms with Crippen LogP contribution in [-0.2, 0) is 4.79 Å². The maximum absolute atomic E-state index is 12.2. The van der Waals surface area contributed by atoms with Crippen LogP contribution in [0.2, 0.25) is 0 Å². The number of aromatic nitrogens is 2. The van der Waals surface area contributed by atoms with Gasteiger partial charge in [-0.15, -0.1) is 0 Å². The van der Waals surface area contributed by atoms with Gasteiger partial charge in [0.25, 0.3) is 5.56 Å². The van der Waals surface area contributed by atoms with E-state index in [-0.39, 0.29) is 28.2 Å². The zero-order valence-electron chi connectivity index (χ0n) is 11.4. The van der Waals surface area contributed by atoms with Crippen molar-refractivity contribution in [3.8, 4) is 0 Å². The van der Waals surface area contributed by atoms with Crippen molar-refractivity contribution >= 4 is 109 Å². The van der Waals surface area contributed by atoms with Crippen LogP contribution in [0, 0.1) is 0 Å². The number of nitrogens with two attached hydrogens (primary N) is 1. The van der Waals surface area contributed by atoms with E-state index in [1.807, 2.05) is 0 Å². The molecule has 2 rings (SSSR count). The summed E-state index contributed by atoms with van der Waals surface area (Å²) in [6.45, 7) is 0. The topological polar surface area (TPSA) is 101 Å². The number of benzene rings is 1. The number of rotatable bonds is 4. The third-order valence-electron chi connectivity index (χ3n) is 2.55. The highest BCUT2D eigenvalue weighted by Gasteiger charge is 2.19. The zero-order valence-corrected chi connectivity index (χ0v) is 20.2. The molecule has 0 unspecified atom stereocenters. The van der Waals surface area contributed by atoms with Gasteiger partial charge in [0.05, 0.1) is 20.4 Å². The van der Waals surface area contributed by atoms with Crippen molar-refractivity contribution in [3.63, 3.8) is 0 Å². The average Bonchev–Trinajstić information content (AvgIpc) is 2.52. The van der Waals surface area contributed by atoms with E-state index in [0.29, 0.717) is 14.6 Å². The molecule has 4 N–H and O–H groups in total. The zero-order chi connectivity index (χ0) is 18.0. The summed E-state index contributed by atoms with van der Waals surface area (Å²) >= 11 is 18.2. The quantitative estimate of drug-likeness (QED) is 0.186. The summed E-state index contributed by atoms with van der Waals surface area (Å²) in [4.78, 5) is 30.0. The van der Waals surface area contributed by atoms with Gasteiger partial charge in [0.1, 0.15) is 5.82 Å². The number of hydrogen-bond donors (Lipinski definition) is 3. The lowest BCUT2D eigenvalue weighted by molar-refractivity contribution is -0.113. The third-order valence-corrected chi connectivity index (χ3v) is 9.52.